The summed E-state index contributed by atoms with van der Waals surface area (Å²) in [6.07, 6.45) is 15.4. The second-order valence-corrected chi connectivity index (χ2v) is 8.66. The average molecular weight is 365 g/mol. The fourth-order valence-electron chi connectivity index (χ4n) is 3.98. The summed E-state index contributed by atoms with van der Waals surface area (Å²) in [5, 5.41) is 7.56. The Morgan fingerprint density at radius 2 is 1.69 bits per heavy atom. The normalized spacial score (nSPS) is 17.5. The largest absolute Gasteiger partial charge is 0.316 e. The molecule has 2 N–H and O–H groups in total. The molecule has 0 saturated heterocycles. The van der Waals surface area contributed by atoms with E-state index < -0.39 is 0 Å². The van der Waals surface area contributed by atoms with Gasteiger partial charge in [-0.2, -0.15) is 0 Å². The first-order valence-corrected chi connectivity index (χ1v) is 11.3. The van der Waals surface area contributed by atoms with E-state index in [9.17, 15) is 0 Å². The lowest BCUT2D eigenvalue weighted by molar-refractivity contribution is 0.142. The summed E-state index contributed by atoms with van der Waals surface area (Å²) in [4.78, 5) is 0. The molecular formula is C24H48N2. The Kier molecular flexibility index (Phi) is 14.2. The summed E-state index contributed by atoms with van der Waals surface area (Å²) < 4.78 is 0. The first kappa shape index (κ1) is 25.5. The lowest BCUT2D eigenvalue weighted by Crippen LogP contribution is -2.46. The molecule has 0 aliphatic rings. The van der Waals surface area contributed by atoms with Crippen LogP contribution in [0.4, 0.5) is 0 Å². The van der Waals surface area contributed by atoms with E-state index in [1.54, 1.807) is 0 Å². The van der Waals surface area contributed by atoms with Gasteiger partial charge in [-0.05, 0) is 62.9 Å². The van der Waals surface area contributed by atoms with Crippen molar-refractivity contribution in [1.82, 2.24) is 10.6 Å². The van der Waals surface area contributed by atoms with Gasteiger partial charge in [-0.3, -0.25) is 0 Å². The van der Waals surface area contributed by atoms with E-state index in [4.69, 9.17) is 6.42 Å². The number of hydrogen-bond acceptors (Lipinski definition) is 2. The molecule has 0 heterocycles. The van der Waals surface area contributed by atoms with Crippen LogP contribution in [0.1, 0.15) is 99.8 Å². The quantitative estimate of drug-likeness (QED) is 0.259. The molecule has 0 fully saturated rings. The van der Waals surface area contributed by atoms with Crippen molar-refractivity contribution in [2.75, 3.05) is 13.1 Å². The summed E-state index contributed by atoms with van der Waals surface area (Å²) in [5.74, 6) is 4.34. The molecule has 0 aliphatic heterocycles. The monoisotopic (exact) mass is 364 g/mol. The molecule has 154 valence electrons. The molecule has 0 bridgehead atoms. The van der Waals surface area contributed by atoms with Gasteiger partial charge in [0.25, 0.3) is 0 Å². The third-order valence-electron chi connectivity index (χ3n) is 6.69. The molecular weight excluding hydrogens is 316 g/mol. The van der Waals surface area contributed by atoms with Crippen molar-refractivity contribution in [3.63, 3.8) is 0 Å². The van der Waals surface area contributed by atoms with Crippen molar-refractivity contribution >= 4 is 0 Å². The van der Waals surface area contributed by atoms with Gasteiger partial charge in [0.15, 0.2) is 0 Å². The van der Waals surface area contributed by atoms with Crippen LogP contribution in [0, 0.1) is 29.6 Å². The van der Waals surface area contributed by atoms with Gasteiger partial charge in [-0.15, -0.1) is 12.3 Å². The van der Waals surface area contributed by atoms with Crippen LogP contribution in [-0.2, 0) is 0 Å². The van der Waals surface area contributed by atoms with E-state index in [-0.39, 0.29) is 5.41 Å². The predicted octanol–water partition coefficient (Wildman–Crippen LogP) is 6.01. The Labute approximate surface area is 165 Å². The molecule has 0 radical (unpaired) electrons. The fourth-order valence-corrected chi connectivity index (χ4v) is 3.98. The molecule has 26 heavy (non-hydrogen) atoms. The van der Waals surface area contributed by atoms with Crippen molar-refractivity contribution in [2.45, 2.75) is 112 Å². The molecule has 0 aromatic heterocycles. The van der Waals surface area contributed by atoms with Crippen LogP contribution < -0.4 is 10.6 Å². The smallest absolute Gasteiger partial charge is 0.0144 e. The maximum atomic E-state index is 5.74. The number of rotatable bonds is 16. The number of terminal acetylenes is 1. The third kappa shape index (κ3) is 9.43. The van der Waals surface area contributed by atoms with E-state index in [1.165, 1.54) is 38.5 Å². The van der Waals surface area contributed by atoms with Crippen molar-refractivity contribution < 1.29 is 0 Å². The van der Waals surface area contributed by atoms with Crippen molar-refractivity contribution in [3.8, 4) is 12.3 Å². The van der Waals surface area contributed by atoms with Gasteiger partial charge in [0.05, 0.1) is 0 Å². The first-order valence-electron chi connectivity index (χ1n) is 11.3. The highest BCUT2D eigenvalue weighted by Gasteiger charge is 2.33. The lowest BCUT2D eigenvalue weighted by atomic mass is 9.70. The molecule has 2 nitrogen and oxygen atoms in total. The van der Waals surface area contributed by atoms with Crippen LogP contribution in [0.15, 0.2) is 0 Å². The molecule has 0 saturated carbocycles. The van der Waals surface area contributed by atoms with Crippen LogP contribution in [0.25, 0.3) is 0 Å². The van der Waals surface area contributed by atoms with Gasteiger partial charge >= 0.3 is 0 Å². The van der Waals surface area contributed by atoms with Gasteiger partial charge in [-0.1, -0.05) is 60.8 Å². The zero-order chi connectivity index (χ0) is 20.0. The van der Waals surface area contributed by atoms with Crippen molar-refractivity contribution in [1.29, 1.82) is 0 Å². The highest BCUT2D eigenvalue weighted by molar-refractivity contribution is 4.97. The van der Waals surface area contributed by atoms with Crippen LogP contribution >= 0.6 is 0 Å². The summed E-state index contributed by atoms with van der Waals surface area (Å²) in [6.45, 7) is 18.5. The summed E-state index contributed by atoms with van der Waals surface area (Å²) in [7, 11) is 0. The molecule has 0 rings (SSSR count). The number of nitrogens with one attached hydrogen (secondary N) is 2. The van der Waals surface area contributed by atoms with Crippen molar-refractivity contribution in [2.24, 2.45) is 17.3 Å². The Hall–Kier alpha value is -0.520. The predicted molar refractivity (Wildman–Crippen MR) is 118 cm³/mol. The van der Waals surface area contributed by atoms with E-state index in [0.29, 0.717) is 18.0 Å². The number of unbranched alkanes of at least 4 members (excludes halogenated alkanes) is 1. The fraction of sp³-hybridized carbons (Fsp3) is 0.917. The average Bonchev–Trinajstić information content (AvgIpc) is 2.64. The zero-order valence-corrected chi connectivity index (χ0v) is 19.0. The standard InChI is InChI=1S/C24H48N2/c1-9-14-15-22(11-3)19-25-18-17-24(8,16-10-2)20(6)21(7)26-23(12-4)13-5/h2,20-23,25-26H,9,11-19H2,1,3-8H3. The van der Waals surface area contributed by atoms with Gasteiger partial charge < -0.3 is 10.6 Å². The third-order valence-corrected chi connectivity index (χ3v) is 6.69. The van der Waals surface area contributed by atoms with Crippen LogP contribution in [-0.4, -0.2) is 25.2 Å². The van der Waals surface area contributed by atoms with Crippen LogP contribution in [0.5, 0.6) is 0 Å². The molecule has 0 aliphatic carbocycles. The Bertz CT molecular complexity index is 369. The van der Waals surface area contributed by atoms with E-state index in [1.807, 2.05) is 0 Å². The van der Waals surface area contributed by atoms with E-state index >= 15 is 0 Å². The Morgan fingerprint density at radius 1 is 1.04 bits per heavy atom. The molecule has 4 atom stereocenters. The van der Waals surface area contributed by atoms with Gasteiger partial charge in [0.1, 0.15) is 0 Å². The lowest BCUT2D eigenvalue weighted by Gasteiger charge is -2.40. The summed E-state index contributed by atoms with van der Waals surface area (Å²) >= 11 is 0. The maximum absolute atomic E-state index is 5.74. The SMILES string of the molecule is C#CCC(C)(CCNCC(CC)CCCC)C(C)C(C)NC(CC)CC. The highest BCUT2D eigenvalue weighted by atomic mass is 15.0. The van der Waals surface area contributed by atoms with Crippen LogP contribution in [0.3, 0.4) is 0 Å². The topological polar surface area (TPSA) is 24.1 Å². The molecule has 0 aromatic carbocycles. The van der Waals surface area contributed by atoms with E-state index in [0.717, 1.165) is 31.8 Å². The molecule has 0 aromatic rings. The molecule has 0 spiro atoms. The minimum absolute atomic E-state index is 0.186. The maximum Gasteiger partial charge on any atom is 0.0144 e. The Balaban J connectivity index is 4.59. The minimum Gasteiger partial charge on any atom is -0.316 e. The van der Waals surface area contributed by atoms with Crippen LogP contribution in [0.2, 0.25) is 0 Å². The second kappa shape index (κ2) is 14.5. The minimum atomic E-state index is 0.186. The van der Waals surface area contributed by atoms with Gasteiger partial charge in [-0.25, -0.2) is 0 Å². The first-order chi connectivity index (χ1) is 12.4. The summed E-state index contributed by atoms with van der Waals surface area (Å²) in [6, 6.07) is 1.11. The van der Waals surface area contributed by atoms with Gasteiger partial charge in [0.2, 0.25) is 0 Å². The second-order valence-electron chi connectivity index (χ2n) is 8.66. The highest BCUT2D eigenvalue weighted by Crippen LogP contribution is 2.36. The molecule has 0 amide bonds. The number of hydrogen-bond donors (Lipinski definition) is 2. The molecule has 4 unspecified atom stereocenters. The van der Waals surface area contributed by atoms with Crippen molar-refractivity contribution in [3.05, 3.63) is 0 Å². The Morgan fingerprint density at radius 3 is 2.19 bits per heavy atom. The van der Waals surface area contributed by atoms with E-state index in [2.05, 4.69) is 65.0 Å². The molecule has 2 heteroatoms. The zero-order valence-electron chi connectivity index (χ0n) is 19.0. The summed E-state index contributed by atoms with van der Waals surface area (Å²) in [5.41, 5.74) is 0.186. The van der Waals surface area contributed by atoms with Gasteiger partial charge in [0, 0.05) is 18.5 Å².